The van der Waals surface area contributed by atoms with E-state index in [9.17, 15) is 10.1 Å². The van der Waals surface area contributed by atoms with Crippen LogP contribution in [-0.4, -0.2) is 38.2 Å². The summed E-state index contributed by atoms with van der Waals surface area (Å²) in [6.07, 6.45) is 0.935. The second kappa shape index (κ2) is 6.59. The van der Waals surface area contributed by atoms with Gasteiger partial charge in [-0.3, -0.25) is 4.79 Å². The van der Waals surface area contributed by atoms with Gasteiger partial charge in [-0.2, -0.15) is 5.26 Å². The summed E-state index contributed by atoms with van der Waals surface area (Å²) in [6.45, 7) is 1.42. The van der Waals surface area contributed by atoms with Crippen LogP contribution in [0.3, 0.4) is 0 Å². The SMILES string of the molecule is COc1ccc(CN(C)C(=O)C2(C#N)CCOCC2)cc1. The maximum atomic E-state index is 12.6. The third-order valence-corrected chi connectivity index (χ3v) is 3.90. The predicted octanol–water partition coefficient (Wildman–Crippen LogP) is 1.97. The number of nitriles is 1. The highest BCUT2D eigenvalue weighted by Gasteiger charge is 2.42. The molecule has 1 saturated heterocycles. The maximum absolute atomic E-state index is 12.6. The van der Waals surface area contributed by atoms with E-state index in [0.717, 1.165) is 11.3 Å². The molecule has 0 bridgehead atoms. The van der Waals surface area contributed by atoms with Crippen molar-refractivity contribution >= 4 is 5.91 Å². The molecule has 0 aromatic heterocycles. The van der Waals surface area contributed by atoms with Gasteiger partial charge in [-0.1, -0.05) is 12.1 Å². The Bertz CT molecular complexity index is 527. The molecular formula is C16H20N2O3. The Morgan fingerprint density at radius 3 is 2.52 bits per heavy atom. The van der Waals surface area contributed by atoms with Crippen LogP contribution in [0.1, 0.15) is 18.4 Å². The lowest BCUT2D eigenvalue weighted by Gasteiger charge is -2.33. The molecule has 2 rings (SSSR count). The number of ether oxygens (including phenoxy) is 2. The first-order valence-corrected chi connectivity index (χ1v) is 6.99. The molecule has 0 N–H and O–H groups in total. The molecule has 1 aromatic rings. The van der Waals surface area contributed by atoms with E-state index in [4.69, 9.17) is 9.47 Å². The highest BCUT2D eigenvalue weighted by Crippen LogP contribution is 2.32. The number of hydrogen-bond acceptors (Lipinski definition) is 4. The van der Waals surface area contributed by atoms with Crippen molar-refractivity contribution in [2.45, 2.75) is 19.4 Å². The van der Waals surface area contributed by atoms with Crippen LogP contribution in [0.15, 0.2) is 24.3 Å². The first-order valence-electron chi connectivity index (χ1n) is 6.99. The number of rotatable bonds is 4. The van der Waals surface area contributed by atoms with Gasteiger partial charge >= 0.3 is 0 Å². The monoisotopic (exact) mass is 288 g/mol. The average molecular weight is 288 g/mol. The lowest BCUT2D eigenvalue weighted by atomic mass is 9.80. The minimum absolute atomic E-state index is 0.121. The zero-order valence-electron chi connectivity index (χ0n) is 12.5. The largest absolute Gasteiger partial charge is 0.497 e. The molecule has 0 saturated carbocycles. The van der Waals surface area contributed by atoms with Crippen molar-refractivity contribution in [2.75, 3.05) is 27.4 Å². The minimum Gasteiger partial charge on any atom is -0.497 e. The third-order valence-electron chi connectivity index (χ3n) is 3.90. The number of carbonyl (C=O) groups excluding carboxylic acids is 1. The van der Waals surface area contributed by atoms with Crippen LogP contribution in [-0.2, 0) is 16.1 Å². The predicted molar refractivity (Wildman–Crippen MR) is 77.6 cm³/mol. The third kappa shape index (κ3) is 3.34. The van der Waals surface area contributed by atoms with Crippen molar-refractivity contribution in [1.29, 1.82) is 5.26 Å². The Morgan fingerprint density at radius 1 is 1.38 bits per heavy atom. The summed E-state index contributed by atoms with van der Waals surface area (Å²) in [5, 5.41) is 9.43. The average Bonchev–Trinajstić information content (AvgIpc) is 2.55. The highest BCUT2D eigenvalue weighted by atomic mass is 16.5. The first-order chi connectivity index (χ1) is 10.1. The molecule has 5 nitrogen and oxygen atoms in total. The second-order valence-corrected chi connectivity index (χ2v) is 5.32. The van der Waals surface area contributed by atoms with Gasteiger partial charge in [-0.25, -0.2) is 0 Å². The summed E-state index contributed by atoms with van der Waals surface area (Å²) in [5.74, 6) is 0.662. The van der Waals surface area contributed by atoms with Gasteiger partial charge in [0.2, 0.25) is 5.91 Å². The lowest BCUT2D eigenvalue weighted by molar-refractivity contribution is -0.142. The maximum Gasteiger partial charge on any atom is 0.243 e. The fraction of sp³-hybridized carbons (Fsp3) is 0.500. The zero-order valence-corrected chi connectivity index (χ0v) is 12.5. The smallest absolute Gasteiger partial charge is 0.243 e. The van der Waals surface area contributed by atoms with Crippen molar-refractivity contribution in [1.82, 2.24) is 4.90 Å². The Balaban J connectivity index is 2.06. The summed E-state index contributed by atoms with van der Waals surface area (Å²) >= 11 is 0. The lowest BCUT2D eigenvalue weighted by Crippen LogP contribution is -2.44. The Hall–Kier alpha value is -2.06. The van der Waals surface area contributed by atoms with Gasteiger partial charge in [0, 0.05) is 26.8 Å². The molecule has 0 spiro atoms. The molecule has 5 heteroatoms. The van der Waals surface area contributed by atoms with E-state index >= 15 is 0 Å². The minimum atomic E-state index is -0.931. The van der Waals surface area contributed by atoms with Gasteiger partial charge in [0.05, 0.1) is 13.2 Å². The van der Waals surface area contributed by atoms with Crippen molar-refractivity contribution in [3.8, 4) is 11.8 Å². The normalized spacial score (nSPS) is 16.8. The fourth-order valence-corrected chi connectivity index (χ4v) is 2.54. The van der Waals surface area contributed by atoms with Gasteiger partial charge in [0.1, 0.15) is 11.2 Å². The number of hydrogen-bond donors (Lipinski definition) is 0. The van der Waals surface area contributed by atoms with Gasteiger partial charge in [-0.15, -0.1) is 0 Å². The van der Waals surface area contributed by atoms with Crippen molar-refractivity contribution in [3.05, 3.63) is 29.8 Å². The second-order valence-electron chi connectivity index (χ2n) is 5.32. The Kier molecular flexibility index (Phi) is 4.81. The van der Waals surface area contributed by atoms with E-state index in [-0.39, 0.29) is 5.91 Å². The molecule has 1 amide bonds. The summed E-state index contributed by atoms with van der Waals surface area (Å²) in [6, 6.07) is 9.78. The summed E-state index contributed by atoms with van der Waals surface area (Å²) in [5.41, 5.74) is 0.0752. The van der Waals surface area contributed by atoms with Gasteiger partial charge in [0.25, 0.3) is 0 Å². The van der Waals surface area contributed by atoms with Crippen LogP contribution in [0.5, 0.6) is 5.75 Å². The molecule has 112 valence electrons. The molecule has 21 heavy (non-hydrogen) atoms. The van der Waals surface area contributed by atoms with Crippen LogP contribution in [0, 0.1) is 16.7 Å². The Morgan fingerprint density at radius 2 is 2.00 bits per heavy atom. The van der Waals surface area contributed by atoms with Crippen molar-refractivity contribution < 1.29 is 14.3 Å². The molecule has 0 aliphatic carbocycles. The molecule has 1 aliphatic heterocycles. The molecular weight excluding hydrogens is 268 g/mol. The molecule has 1 aliphatic rings. The number of amides is 1. The summed E-state index contributed by atoms with van der Waals surface area (Å²) < 4.78 is 10.4. The molecule has 1 heterocycles. The van der Waals surface area contributed by atoms with Gasteiger partial charge in [-0.05, 0) is 30.5 Å². The van der Waals surface area contributed by atoms with E-state index in [1.54, 1.807) is 19.1 Å². The molecule has 1 fully saturated rings. The van der Waals surface area contributed by atoms with E-state index in [0.29, 0.717) is 32.6 Å². The van der Waals surface area contributed by atoms with E-state index in [2.05, 4.69) is 6.07 Å². The van der Waals surface area contributed by atoms with Gasteiger partial charge in [0.15, 0.2) is 0 Å². The summed E-state index contributed by atoms with van der Waals surface area (Å²) in [4.78, 5) is 14.2. The number of nitrogens with zero attached hydrogens (tertiary/aromatic N) is 2. The standard InChI is InChI=1S/C16H20N2O3/c1-18(11-13-3-5-14(20-2)6-4-13)15(19)16(12-17)7-9-21-10-8-16/h3-6H,7-11H2,1-2H3. The van der Waals surface area contributed by atoms with E-state index in [1.807, 2.05) is 24.3 Å². The molecule has 1 aromatic carbocycles. The number of carbonyl (C=O) groups is 1. The van der Waals surface area contributed by atoms with Crippen LogP contribution in [0.25, 0.3) is 0 Å². The van der Waals surface area contributed by atoms with Gasteiger partial charge < -0.3 is 14.4 Å². The van der Waals surface area contributed by atoms with Crippen molar-refractivity contribution in [3.63, 3.8) is 0 Å². The van der Waals surface area contributed by atoms with E-state index in [1.165, 1.54) is 0 Å². The number of benzene rings is 1. The quantitative estimate of drug-likeness (QED) is 0.850. The topological polar surface area (TPSA) is 62.6 Å². The van der Waals surface area contributed by atoms with Crippen LogP contribution in [0.4, 0.5) is 0 Å². The molecule has 0 radical (unpaired) electrons. The first kappa shape index (κ1) is 15.3. The van der Waals surface area contributed by atoms with E-state index < -0.39 is 5.41 Å². The highest BCUT2D eigenvalue weighted by molar-refractivity contribution is 5.85. The zero-order chi connectivity index (χ0) is 15.3. The Labute approximate surface area is 125 Å². The molecule has 0 unspecified atom stereocenters. The van der Waals surface area contributed by atoms with Crippen LogP contribution >= 0.6 is 0 Å². The number of methoxy groups -OCH3 is 1. The van der Waals surface area contributed by atoms with Crippen LogP contribution in [0.2, 0.25) is 0 Å². The fourth-order valence-electron chi connectivity index (χ4n) is 2.54. The molecule has 0 atom stereocenters. The summed E-state index contributed by atoms with van der Waals surface area (Å²) in [7, 11) is 3.35. The van der Waals surface area contributed by atoms with Crippen LogP contribution < -0.4 is 4.74 Å². The van der Waals surface area contributed by atoms with Crippen molar-refractivity contribution in [2.24, 2.45) is 5.41 Å².